The monoisotopic (exact) mass is 416 g/mol. The Morgan fingerprint density at radius 1 is 1.03 bits per heavy atom. The second kappa shape index (κ2) is 9.71. The molecule has 0 spiro atoms. The number of rotatable bonds is 7. The number of aliphatic carboxylic acids is 1. The highest BCUT2D eigenvalue weighted by molar-refractivity contribution is 5.93. The van der Waals surface area contributed by atoms with E-state index >= 15 is 0 Å². The second-order valence-electron chi connectivity index (χ2n) is 7.79. The van der Waals surface area contributed by atoms with Gasteiger partial charge in [-0.2, -0.15) is 0 Å². The lowest BCUT2D eigenvalue weighted by molar-refractivity contribution is -0.148. The van der Waals surface area contributed by atoms with Crippen molar-refractivity contribution in [2.45, 2.75) is 50.2 Å². The van der Waals surface area contributed by atoms with Gasteiger partial charge in [0.25, 0.3) is 0 Å². The third-order valence-electron chi connectivity index (χ3n) is 5.73. The van der Waals surface area contributed by atoms with Crippen LogP contribution < -0.4 is 11.1 Å². The molecule has 3 rings (SSSR count). The van der Waals surface area contributed by atoms with Crippen molar-refractivity contribution in [3.63, 3.8) is 0 Å². The van der Waals surface area contributed by atoms with Crippen LogP contribution in [-0.2, 0) is 25.6 Å². The number of hydrogen-bond acceptors (Lipinski definition) is 5. The minimum atomic E-state index is -1.04. The molecule has 3 amide bonds. The van der Waals surface area contributed by atoms with E-state index in [-0.39, 0.29) is 12.5 Å². The van der Waals surface area contributed by atoms with Crippen LogP contribution in [0.15, 0.2) is 30.3 Å². The van der Waals surface area contributed by atoms with Gasteiger partial charge in [-0.3, -0.25) is 14.4 Å². The molecule has 2 heterocycles. The van der Waals surface area contributed by atoms with E-state index in [4.69, 9.17) is 5.73 Å². The van der Waals surface area contributed by atoms with Gasteiger partial charge in [0, 0.05) is 13.1 Å². The molecule has 0 radical (unpaired) electrons. The fourth-order valence-electron chi connectivity index (χ4n) is 4.18. The average molecular weight is 416 g/mol. The summed E-state index contributed by atoms with van der Waals surface area (Å²) in [6.07, 6.45) is 2.61. The normalized spacial score (nSPS) is 22.0. The Morgan fingerprint density at radius 2 is 1.67 bits per heavy atom. The molecule has 3 atom stereocenters. The van der Waals surface area contributed by atoms with Crippen LogP contribution >= 0.6 is 0 Å². The molecule has 1 aromatic rings. The van der Waals surface area contributed by atoms with E-state index in [0.717, 1.165) is 5.56 Å². The summed E-state index contributed by atoms with van der Waals surface area (Å²) in [4.78, 5) is 51.8. The summed E-state index contributed by atoms with van der Waals surface area (Å²) in [5.41, 5.74) is 7.05. The van der Waals surface area contributed by atoms with Gasteiger partial charge < -0.3 is 26.0 Å². The molecule has 9 nitrogen and oxygen atoms in total. The van der Waals surface area contributed by atoms with Crippen LogP contribution in [0.3, 0.4) is 0 Å². The molecule has 2 aliphatic rings. The fourth-order valence-corrected chi connectivity index (χ4v) is 4.18. The summed E-state index contributed by atoms with van der Waals surface area (Å²) in [6, 6.07) is 7.19. The highest BCUT2D eigenvalue weighted by Gasteiger charge is 2.37. The average Bonchev–Trinajstić information content (AvgIpc) is 3.41. The Kier molecular flexibility index (Phi) is 7.04. The van der Waals surface area contributed by atoms with Crippen molar-refractivity contribution >= 4 is 23.7 Å². The van der Waals surface area contributed by atoms with Crippen LogP contribution in [0.1, 0.15) is 31.2 Å². The lowest BCUT2D eigenvalue weighted by atomic mass is 10.1. The Hall–Kier alpha value is -2.94. The molecule has 4 N–H and O–H groups in total. The van der Waals surface area contributed by atoms with E-state index in [0.29, 0.717) is 45.2 Å². The first-order valence-electron chi connectivity index (χ1n) is 10.3. The fraction of sp³-hybridized carbons (Fsp3) is 0.524. The Labute approximate surface area is 175 Å². The zero-order chi connectivity index (χ0) is 21.7. The summed E-state index contributed by atoms with van der Waals surface area (Å²) < 4.78 is 0. The molecule has 9 heteroatoms. The molecule has 2 aliphatic heterocycles. The maximum atomic E-state index is 12.8. The maximum absolute atomic E-state index is 12.8. The SMILES string of the molecule is N[C@@H](Cc1ccccc1)C(=O)N1CCC[C@H]1C(=O)NCC(=O)N1CCC[C@H]1C(=O)O. The first-order valence-corrected chi connectivity index (χ1v) is 10.3. The van der Waals surface area contributed by atoms with Gasteiger partial charge in [-0.1, -0.05) is 30.3 Å². The standard InChI is InChI=1S/C21H28N4O5/c22-15(12-14-6-2-1-3-7-14)20(28)25-11-4-8-16(25)19(27)23-13-18(26)24-10-5-9-17(24)21(29)30/h1-3,6-7,15-17H,4-5,8-13,22H2,(H,23,27)(H,29,30)/t15-,16-,17-/m0/s1. The molecular formula is C21H28N4O5. The van der Waals surface area contributed by atoms with Crippen LogP contribution in [0.2, 0.25) is 0 Å². The van der Waals surface area contributed by atoms with Gasteiger partial charge in [-0.05, 0) is 37.7 Å². The molecular weight excluding hydrogens is 388 g/mol. The van der Waals surface area contributed by atoms with E-state index in [9.17, 15) is 24.3 Å². The van der Waals surface area contributed by atoms with E-state index in [1.54, 1.807) is 0 Å². The molecule has 0 aromatic heterocycles. The topological polar surface area (TPSA) is 133 Å². The lowest BCUT2D eigenvalue weighted by Gasteiger charge is -2.27. The maximum Gasteiger partial charge on any atom is 0.326 e. The third-order valence-corrected chi connectivity index (χ3v) is 5.73. The highest BCUT2D eigenvalue weighted by Crippen LogP contribution is 2.20. The van der Waals surface area contributed by atoms with E-state index < -0.39 is 35.9 Å². The largest absolute Gasteiger partial charge is 0.480 e. The van der Waals surface area contributed by atoms with Crippen molar-refractivity contribution in [2.75, 3.05) is 19.6 Å². The number of likely N-dealkylation sites (tertiary alicyclic amines) is 2. The number of amides is 3. The first-order chi connectivity index (χ1) is 14.4. The molecule has 162 valence electrons. The summed E-state index contributed by atoms with van der Waals surface area (Å²) in [5.74, 6) is -2.16. The smallest absolute Gasteiger partial charge is 0.326 e. The van der Waals surface area contributed by atoms with Crippen molar-refractivity contribution < 1.29 is 24.3 Å². The van der Waals surface area contributed by atoms with Crippen LogP contribution in [-0.4, -0.2) is 76.4 Å². The quantitative estimate of drug-likeness (QED) is 0.561. The van der Waals surface area contributed by atoms with E-state index in [2.05, 4.69) is 5.32 Å². The molecule has 2 fully saturated rings. The van der Waals surface area contributed by atoms with Crippen molar-refractivity contribution in [3.8, 4) is 0 Å². The zero-order valence-electron chi connectivity index (χ0n) is 16.8. The molecule has 0 saturated carbocycles. The van der Waals surface area contributed by atoms with Crippen LogP contribution in [0.25, 0.3) is 0 Å². The van der Waals surface area contributed by atoms with Gasteiger partial charge in [-0.15, -0.1) is 0 Å². The van der Waals surface area contributed by atoms with Crippen molar-refractivity contribution in [2.24, 2.45) is 5.73 Å². The number of nitrogens with one attached hydrogen (secondary N) is 1. The predicted octanol–water partition coefficient (Wildman–Crippen LogP) is -0.261. The molecule has 2 saturated heterocycles. The number of carboxylic acid groups (broad SMARTS) is 1. The highest BCUT2D eigenvalue weighted by atomic mass is 16.4. The third kappa shape index (κ3) is 4.96. The van der Waals surface area contributed by atoms with Gasteiger partial charge in [0.2, 0.25) is 17.7 Å². The number of carbonyl (C=O) groups excluding carboxylic acids is 3. The molecule has 0 bridgehead atoms. The Balaban J connectivity index is 1.54. The number of carbonyl (C=O) groups is 4. The van der Waals surface area contributed by atoms with Crippen molar-refractivity contribution in [3.05, 3.63) is 35.9 Å². The van der Waals surface area contributed by atoms with E-state index in [1.807, 2.05) is 30.3 Å². The lowest BCUT2D eigenvalue weighted by Crippen LogP contribution is -2.53. The molecule has 30 heavy (non-hydrogen) atoms. The molecule has 0 aliphatic carbocycles. The minimum Gasteiger partial charge on any atom is -0.480 e. The second-order valence-corrected chi connectivity index (χ2v) is 7.79. The minimum absolute atomic E-state index is 0.281. The summed E-state index contributed by atoms with van der Waals surface area (Å²) in [5, 5.41) is 11.8. The van der Waals surface area contributed by atoms with Gasteiger partial charge in [-0.25, -0.2) is 4.79 Å². The number of benzene rings is 1. The van der Waals surface area contributed by atoms with Gasteiger partial charge >= 0.3 is 5.97 Å². The van der Waals surface area contributed by atoms with Crippen LogP contribution in [0.4, 0.5) is 0 Å². The van der Waals surface area contributed by atoms with Gasteiger partial charge in [0.05, 0.1) is 12.6 Å². The van der Waals surface area contributed by atoms with E-state index in [1.165, 1.54) is 9.80 Å². The van der Waals surface area contributed by atoms with Crippen molar-refractivity contribution in [1.29, 1.82) is 0 Å². The molecule has 1 aromatic carbocycles. The Morgan fingerprint density at radius 3 is 2.33 bits per heavy atom. The van der Waals surface area contributed by atoms with Gasteiger partial charge in [0.1, 0.15) is 12.1 Å². The summed E-state index contributed by atoms with van der Waals surface area (Å²) >= 11 is 0. The molecule has 0 unspecified atom stereocenters. The van der Waals surface area contributed by atoms with Crippen LogP contribution in [0, 0.1) is 0 Å². The van der Waals surface area contributed by atoms with Crippen LogP contribution in [0.5, 0.6) is 0 Å². The first kappa shape index (κ1) is 21.8. The Bertz CT molecular complexity index is 800. The van der Waals surface area contributed by atoms with Crippen molar-refractivity contribution in [1.82, 2.24) is 15.1 Å². The zero-order valence-corrected chi connectivity index (χ0v) is 16.8. The number of hydrogen-bond donors (Lipinski definition) is 3. The number of nitrogens with two attached hydrogens (primary N) is 1. The number of nitrogens with zero attached hydrogens (tertiary/aromatic N) is 2. The van der Waals surface area contributed by atoms with Gasteiger partial charge in [0.15, 0.2) is 0 Å². The number of carboxylic acids is 1. The summed E-state index contributed by atoms with van der Waals surface area (Å²) in [6.45, 7) is 0.534. The summed E-state index contributed by atoms with van der Waals surface area (Å²) in [7, 11) is 0. The predicted molar refractivity (Wildman–Crippen MR) is 108 cm³/mol.